The van der Waals surface area contributed by atoms with Crippen LogP contribution in [-0.2, 0) is 6.54 Å². The van der Waals surface area contributed by atoms with Gasteiger partial charge in [-0.3, -0.25) is 19.2 Å². The van der Waals surface area contributed by atoms with E-state index in [1.807, 2.05) is 12.1 Å². The number of likely N-dealkylation sites (tertiary alicyclic amines) is 1. The molecular weight excluding hydrogens is 507 g/mol. The number of H-pyrrole nitrogens is 2. The molecule has 3 N–H and O–H groups in total. The third-order valence-corrected chi connectivity index (χ3v) is 7.83. The van der Waals surface area contributed by atoms with E-state index in [9.17, 15) is 14.0 Å². The Bertz CT molecular complexity index is 1650. The summed E-state index contributed by atoms with van der Waals surface area (Å²) < 4.78 is 15.3. The van der Waals surface area contributed by atoms with Crippen molar-refractivity contribution in [2.75, 3.05) is 18.4 Å². The summed E-state index contributed by atoms with van der Waals surface area (Å²) in [5, 5.41) is 8.28. The molecule has 1 fully saturated rings. The highest BCUT2D eigenvalue weighted by Crippen LogP contribution is 2.26. The van der Waals surface area contributed by atoms with Crippen molar-refractivity contribution in [1.29, 1.82) is 0 Å². The number of halogens is 1. The smallest absolute Gasteiger partial charge is 0.258 e. The summed E-state index contributed by atoms with van der Waals surface area (Å²) in [6.45, 7) is 4.36. The number of aromatic nitrogens is 4. The average molecular weight is 541 g/mol. The molecule has 1 atom stereocenters. The molecule has 40 heavy (non-hydrogen) atoms. The number of nitrogens with one attached hydrogen (secondary N) is 3. The molecule has 0 bridgehead atoms. The van der Waals surface area contributed by atoms with E-state index >= 15 is 0 Å². The molecule has 4 heterocycles. The molecule has 4 aromatic rings. The van der Waals surface area contributed by atoms with Crippen LogP contribution in [0, 0.1) is 0 Å². The molecule has 8 nitrogen and oxygen atoms in total. The van der Waals surface area contributed by atoms with Crippen molar-refractivity contribution in [3.05, 3.63) is 94.2 Å². The van der Waals surface area contributed by atoms with E-state index in [2.05, 4.69) is 62.6 Å². The minimum atomic E-state index is -0.687. The van der Waals surface area contributed by atoms with Crippen LogP contribution in [0.2, 0.25) is 0 Å². The Labute approximate surface area is 231 Å². The van der Waals surface area contributed by atoms with Gasteiger partial charge in [0, 0.05) is 42.9 Å². The molecule has 3 aromatic heterocycles. The monoisotopic (exact) mass is 540 g/mol. The second-order valence-corrected chi connectivity index (χ2v) is 10.7. The summed E-state index contributed by atoms with van der Waals surface area (Å²) in [5.41, 5.74) is 5.00. The molecule has 0 spiro atoms. The van der Waals surface area contributed by atoms with Gasteiger partial charge in [0.1, 0.15) is 6.17 Å². The molecule has 9 heteroatoms. The second kappa shape index (κ2) is 11.1. The standard InChI is InChI=1S/C31H33FN6O2/c1-20(22-5-3-2-4-6-22)38-19-24(16-34-38)30(39)35-26-15-27(31(40)33-17-26)29-14-23-13-21(7-8-28(23)36-29)18-37-11-9-25(32)10-12-37/h3,5-8,13-17,19-20,25,36H,2,4,9-12,18H2,1H3,(H,33,40)(H,35,39)/t20-/m1/s1. The first kappa shape index (κ1) is 26.0. The molecule has 6 rings (SSSR count). The highest BCUT2D eigenvalue weighted by molar-refractivity contribution is 6.04. The van der Waals surface area contributed by atoms with Crippen molar-refractivity contribution in [1.82, 2.24) is 24.6 Å². The van der Waals surface area contributed by atoms with Crippen molar-refractivity contribution in [3.63, 3.8) is 0 Å². The maximum Gasteiger partial charge on any atom is 0.258 e. The number of allylic oxidation sites excluding steroid dienone is 4. The second-order valence-electron chi connectivity index (χ2n) is 10.7. The van der Waals surface area contributed by atoms with Gasteiger partial charge >= 0.3 is 0 Å². The maximum atomic E-state index is 13.5. The van der Waals surface area contributed by atoms with Crippen LogP contribution in [0.1, 0.15) is 54.6 Å². The van der Waals surface area contributed by atoms with E-state index in [1.165, 1.54) is 11.8 Å². The number of benzene rings is 1. The van der Waals surface area contributed by atoms with Crippen LogP contribution in [0.3, 0.4) is 0 Å². The van der Waals surface area contributed by atoms with Crippen molar-refractivity contribution >= 4 is 22.5 Å². The third-order valence-electron chi connectivity index (χ3n) is 7.83. The first-order chi connectivity index (χ1) is 19.4. The molecule has 206 valence electrons. The maximum absolute atomic E-state index is 13.5. The summed E-state index contributed by atoms with van der Waals surface area (Å²) in [6.07, 6.45) is 13.8. The van der Waals surface area contributed by atoms with Crippen LogP contribution in [0.15, 0.2) is 77.5 Å². The largest absolute Gasteiger partial charge is 0.354 e. The Kier molecular flexibility index (Phi) is 7.21. The van der Waals surface area contributed by atoms with Crippen LogP contribution in [0.5, 0.6) is 0 Å². The number of carbonyl (C=O) groups excluding carboxylic acids is 1. The van der Waals surface area contributed by atoms with E-state index in [-0.39, 0.29) is 17.5 Å². The topological polar surface area (TPSA) is 98.8 Å². The normalized spacial score (nSPS) is 17.2. The molecule has 1 aliphatic heterocycles. The fourth-order valence-electron chi connectivity index (χ4n) is 5.47. The van der Waals surface area contributed by atoms with Gasteiger partial charge in [-0.1, -0.05) is 24.3 Å². The number of aromatic amines is 2. The summed E-state index contributed by atoms with van der Waals surface area (Å²) in [4.78, 5) is 34.1. The van der Waals surface area contributed by atoms with E-state index in [1.54, 1.807) is 23.1 Å². The minimum Gasteiger partial charge on any atom is -0.354 e. The molecule has 0 unspecified atom stereocenters. The average Bonchev–Trinajstić information content (AvgIpc) is 3.63. The zero-order valence-electron chi connectivity index (χ0n) is 22.5. The molecule has 1 saturated heterocycles. The number of piperidine rings is 1. The molecule has 1 aromatic carbocycles. The minimum absolute atomic E-state index is 0.0302. The Morgan fingerprint density at radius 3 is 2.85 bits per heavy atom. The van der Waals surface area contributed by atoms with Crippen molar-refractivity contribution in [2.24, 2.45) is 0 Å². The number of hydrogen-bond donors (Lipinski definition) is 3. The third kappa shape index (κ3) is 5.56. The first-order valence-corrected chi connectivity index (χ1v) is 13.9. The van der Waals surface area contributed by atoms with E-state index in [0.717, 1.165) is 48.9 Å². The highest BCUT2D eigenvalue weighted by atomic mass is 19.1. The van der Waals surface area contributed by atoms with Crippen molar-refractivity contribution in [2.45, 2.75) is 51.4 Å². The van der Waals surface area contributed by atoms with E-state index in [0.29, 0.717) is 35.3 Å². The van der Waals surface area contributed by atoms with Gasteiger partial charge in [0.15, 0.2) is 0 Å². The van der Waals surface area contributed by atoms with Crippen LogP contribution < -0.4 is 10.9 Å². The number of carbonyl (C=O) groups is 1. The van der Waals surface area contributed by atoms with Gasteiger partial charge in [0.05, 0.1) is 34.7 Å². The summed E-state index contributed by atoms with van der Waals surface area (Å²) in [6, 6.07) is 9.83. The van der Waals surface area contributed by atoms with Gasteiger partial charge in [0.25, 0.3) is 11.5 Å². The van der Waals surface area contributed by atoms with Crippen LogP contribution in [-0.4, -0.2) is 49.8 Å². The lowest BCUT2D eigenvalue weighted by Crippen LogP contribution is -2.33. The summed E-state index contributed by atoms with van der Waals surface area (Å²) in [7, 11) is 0. The van der Waals surface area contributed by atoms with E-state index in [4.69, 9.17) is 0 Å². The summed E-state index contributed by atoms with van der Waals surface area (Å²) in [5.74, 6) is -0.303. The summed E-state index contributed by atoms with van der Waals surface area (Å²) >= 11 is 0. The Morgan fingerprint density at radius 2 is 2.05 bits per heavy atom. The van der Waals surface area contributed by atoms with Crippen LogP contribution in [0.4, 0.5) is 10.1 Å². The number of nitrogens with zero attached hydrogens (tertiary/aromatic N) is 3. The van der Waals surface area contributed by atoms with Gasteiger partial charge in [-0.15, -0.1) is 0 Å². The number of anilines is 1. The molecule has 0 saturated carbocycles. The van der Waals surface area contributed by atoms with Gasteiger partial charge in [-0.25, -0.2) is 4.39 Å². The lowest BCUT2D eigenvalue weighted by molar-refractivity contribution is 0.102. The Hall–Kier alpha value is -4.24. The van der Waals surface area contributed by atoms with Crippen LogP contribution >= 0.6 is 0 Å². The SMILES string of the molecule is C[C@H](C1=CCCC=C1)n1cc(C(=O)Nc2c[nH]c(=O)c(-c3cc4cc(CN5CCC(F)CC5)ccc4[nH]3)c2)cn1. The van der Waals surface area contributed by atoms with Crippen LogP contribution in [0.25, 0.3) is 22.2 Å². The Balaban J connectivity index is 1.17. The Morgan fingerprint density at radius 1 is 1.20 bits per heavy atom. The zero-order valence-corrected chi connectivity index (χ0v) is 22.5. The lowest BCUT2D eigenvalue weighted by Gasteiger charge is -2.28. The molecule has 0 radical (unpaired) electrons. The fourth-order valence-corrected chi connectivity index (χ4v) is 5.47. The molecule has 2 aliphatic rings. The molecule has 1 amide bonds. The van der Waals surface area contributed by atoms with Crippen molar-refractivity contribution in [3.8, 4) is 11.3 Å². The van der Waals surface area contributed by atoms with Gasteiger partial charge in [0.2, 0.25) is 0 Å². The molecular formula is C31H33FN6O2. The zero-order chi connectivity index (χ0) is 27.6. The number of fused-ring (bicyclic) bond motifs is 1. The van der Waals surface area contributed by atoms with E-state index < -0.39 is 6.17 Å². The predicted molar refractivity (Wildman–Crippen MR) is 155 cm³/mol. The van der Waals surface area contributed by atoms with Gasteiger partial charge < -0.3 is 15.3 Å². The number of hydrogen-bond acceptors (Lipinski definition) is 4. The predicted octanol–water partition coefficient (Wildman–Crippen LogP) is 5.74. The highest BCUT2D eigenvalue weighted by Gasteiger charge is 2.19. The van der Waals surface area contributed by atoms with Gasteiger partial charge in [-0.2, -0.15) is 5.10 Å². The fraction of sp³-hybridized carbons (Fsp3) is 0.323. The lowest BCUT2D eigenvalue weighted by atomic mass is 10.0. The van der Waals surface area contributed by atoms with Crippen molar-refractivity contribution < 1.29 is 9.18 Å². The number of amides is 1. The first-order valence-electron chi connectivity index (χ1n) is 13.9. The molecule has 1 aliphatic carbocycles. The number of alkyl halides is 1. The van der Waals surface area contributed by atoms with Gasteiger partial charge in [-0.05, 0) is 68.0 Å². The number of rotatable bonds is 7. The quantitative estimate of drug-likeness (QED) is 0.278. The number of pyridine rings is 1.